The summed E-state index contributed by atoms with van der Waals surface area (Å²) in [6.45, 7) is 1.96. The van der Waals surface area contributed by atoms with E-state index in [0.29, 0.717) is 12.1 Å². The molecule has 2 atom stereocenters. The van der Waals surface area contributed by atoms with Crippen LogP contribution in [0.3, 0.4) is 0 Å². The number of hydrogen-bond acceptors (Lipinski definition) is 3. The minimum atomic E-state index is -4.49. The number of carbonyl (C=O) groups is 1. The van der Waals surface area contributed by atoms with Crippen LogP contribution in [0.5, 0.6) is 0 Å². The molecule has 2 N–H and O–H groups in total. The summed E-state index contributed by atoms with van der Waals surface area (Å²) in [6, 6.07) is 15.3. The molecule has 1 aliphatic rings. The van der Waals surface area contributed by atoms with E-state index in [-0.39, 0.29) is 17.9 Å². The second-order valence-electron chi connectivity index (χ2n) is 7.22. The Morgan fingerprint density at radius 3 is 2.57 bits per heavy atom. The molecule has 0 spiro atoms. The first-order valence-corrected chi connectivity index (χ1v) is 9.74. The molecule has 2 aromatic carbocycles. The molecule has 156 valence electrons. The first-order valence-electron chi connectivity index (χ1n) is 9.74. The monoisotopic (exact) mass is 414 g/mol. The highest BCUT2D eigenvalue weighted by molar-refractivity contribution is 6.03. The number of carbonyl (C=O) groups excluding carboxylic acids is 1. The smallest absolute Gasteiger partial charge is 0.363 e. The molecule has 0 radical (unpaired) electrons. The third-order valence-corrected chi connectivity index (χ3v) is 5.27. The van der Waals surface area contributed by atoms with Crippen molar-refractivity contribution in [2.24, 2.45) is 0 Å². The van der Waals surface area contributed by atoms with Gasteiger partial charge in [-0.15, -0.1) is 0 Å². The zero-order valence-corrected chi connectivity index (χ0v) is 16.3. The Bertz CT molecular complexity index is 1050. The molecular formula is C22H21F3N4O. The number of nitrogens with one attached hydrogen (secondary N) is 2. The number of fused-ring (bicyclic) bond motifs is 1. The summed E-state index contributed by atoms with van der Waals surface area (Å²) in [6.07, 6.45) is -3.98. The average molecular weight is 414 g/mol. The number of amides is 1. The van der Waals surface area contributed by atoms with Gasteiger partial charge in [-0.1, -0.05) is 55.5 Å². The molecule has 8 heteroatoms. The Kier molecular flexibility index (Phi) is 5.24. The van der Waals surface area contributed by atoms with Crippen LogP contribution >= 0.6 is 0 Å². The molecule has 0 fully saturated rings. The molecule has 2 unspecified atom stereocenters. The van der Waals surface area contributed by atoms with Crippen molar-refractivity contribution in [3.05, 3.63) is 77.5 Å². The molecule has 0 saturated heterocycles. The second-order valence-corrected chi connectivity index (χ2v) is 7.22. The van der Waals surface area contributed by atoms with E-state index in [1.807, 2.05) is 25.1 Å². The van der Waals surface area contributed by atoms with Crippen molar-refractivity contribution in [1.29, 1.82) is 0 Å². The molecule has 4 rings (SSSR count). The average Bonchev–Trinajstić information content (AvgIpc) is 3.17. The number of para-hydroxylation sites is 1. The molecule has 1 amide bonds. The summed E-state index contributed by atoms with van der Waals surface area (Å²) >= 11 is 0. The van der Waals surface area contributed by atoms with E-state index in [9.17, 15) is 18.0 Å². The van der Waals surface area contributed by atoms with Crippen LogP contribution in [0.15, 0.2) is 60.7 Å². The number of nitrogens with zero attached hydrogens (tertiary/aromatic N) is 2. The second kappa shape index (κ2) is 7.85. The number of rotatable bonds is 4. The lowest BCUT2D eigenvalue weighted by molar-refractivity contribution is -0.173. The molecule has 2 heterocycles. The summed E-state index contributed by atoms with van der Waals surface area (Å²) in [7, 11) is 0. The largest absolute Gasteiger partial charge is 0.410 e. The predicted octanol–water partition coefficient (Wildman–Crippen LogP) is 5.36. The number of hydrogen-bond donors (Lipinski definition) is 2. The summed E-state index contributed by atoms with van der Waals surface area (Å²) in [5.41, 5.74) is 2.25. The van der Waals surface area contributed by atoms with Crippen LogP contribution in [0, 0.1) is 0 Å². The number of benzene rings is 2. The first kappa shape index (κ1) is 20.0. The lowest BCUT2D eigenvalue weighted by Crippen LogP contribution is -2.35. The molecule has 1 aromatic heterocycles. The van der Waals surface area contributed by atoms with Crippen molar-refractivity contribution in [1.82, 2.24) is 9.78 Å². The van der Waals surface area contributed by atoms with Gasteiger partial charge in [0.2, 0.25) is 0 Å². The molecule has 0 bridgehead atoms. The van der Waals surface area contributed by atoms with Crippen molar-refractivity contribution in [2.75, 3.05) is 10.6 Å². The van der Waals surface area contributed by atoms with Gasteiger partial charge in [0, 0.05) is 18.2 Å². The highest BCUT2D eigenvalue weighted by Crippen LogP contribution is 2.43. The van der Waals surface area contributed by atoms with Crippen LogP contribution in [-0.4, -0.2) is 21.9 Å². The Hall–Kier alpha value is -3.29. The van der Waals surface area contributed by atoms with Crippen LogP contribution in [-0.2, 0) is 6.42 Å². The third kappa shape index (κ3) is 3.90. The molecule has 0 aliphatic carbocycles. The molecule has 0 saturated carbocycles. The summed E-state index contributed by atoms with van der Waals surface area (Å²) < 4.78 is 42.2. The summed E-state index contributed by atoms with van der Waals surface area (Å²) in [4.78, 5) is 12.7. The Labute approximate surface area is 171 Å². The summed E-state index contributed by atoms with van der Waals surface area (Å²) in [5, 5.41) is 9.86. The topological polar surface area (TPSA) is 59.0 Å². The molecule has 3 aromatic rings. The van der Waals surface area contributed by atoms with Crippen LogP contribution < -0.4 is 10.6 Å². The van der Waals surface area contributed by atoms with Crippen LogP contribution in [0.25, 0.3) is 0 Å². The predicted molar refractivity (Wildman–Crippen MR) is 109 cm³/mol. The van der Waals surface area contributed by atoms with Crippen LogP contribution in [0.2, 0.25) is 0 Å². The minimum Gasteiger partial charge on any atom is -0.363 e. The first-order chi connectivity index (χ1) is 14.4. The van der Waals surface area contributed by atoms with Crippen molar-refractivity contribution < 1.29 is 18.0 Å². The van der Waals surface area contributed by atoms with E-state index in [4.69, 9.17) is 0 Å². The van der Waals surface area contributed by atoms with Crippen LogP contribution in [0.4, 0.5) is 24.7 Å². The number of aryl methyl sites for hydroxylation is 1. The third-order valence-electron chi connectivity index (χ3n) is 5.27. The van der Waals surface area contributed by atoms with Crippen molar-refractivity contribution in [2.45, 2.75) is 38.0 Å². The van der Waals surface area contributed by atoms with E-state index in [2.05, 4.69) is 15.7 Å². The molecule has 1 aliphatic heterocycles. The van der Waals surface area contributed by atoms with Crippen molar-refractivity contribution >= 4 is 17.4 Å². The van der Waals surface area contributed by atoms with Gasteiger partial charge in [-0.25, -0.2) is 4.68 Å². The maximum atomic E-state index is 13.8. The quantitative estimate of drug-likeness (QED) is 0.604. The van der Waals surface area contributed by atoms with Gasteiger partial charge in [0.25, 0.3) is 5.91 Å². The highest BCUT2D eigenvalue weighted by Gasteiger charge is 2.46. The lowest BCUT2D eigenvalue weighted by atomic mass is 9.97. The van der Waals surface area contributed by atoms with E-state index in [1.165, 1.54) is 6.07 Å². The zero-order chi connectivity index (χ0) is 21.3. The van der Waals surface area contributed by atoms with Gasteiger partial charge >= 0.3 is 6.18 Å². The van der Waals surface area contributed by atoms with E-state index < -0.39 is 24.2 Å². The highest BCUT2D eigenvalue weighted by atomic mass is 19.4. The van der Waals surface area contributed by atoms with Gasteiger partial charge < -0.3 is 10.6 Å². The fraction of sp³-hybridized carbons (Fsp3) is 0.273. The van der Waals surface area contributed by atoms with Crippen molar-refractivity contribution in [3.63, 3.8) is 0 Å². The van der Waals surface area contributed by atoms with E-state index in [1.54, 1.807) is 36.4 Å². The Balaban J connectivity index is 1.65. The van der Waals surface area contributed by atoms with Crippen LogP contribution in [0.1, 0.15) is 47.0 Å². The summed E-state index contributed by atoms with van der Waals surface area (Å²) in [5.74, 6) is -0.372. The Morgan fingerprint density at radius 2 is 1.87 bits per heavy atom. The SMILES string of the molecule is CCc1ccccc1NC(=O)c1cc2n(n1)C(C(F)(F)F)CC(c1ccccc1)N2. The van der Waals surface area contributed by atoms with Gasteiger partial charge in [0.15, 0.2) is 11.7 Å². The van der Waals surface area contributed by atoms with Gasteiger partial charge in [-0.3, -0.25) is 4.79 Å². The molecular weight excluding hydrogens is 393 g/mol. The van der Waals surface area contributed by atoms with Crippen molar-refractivity contribution in [3.8, 4) is 0 Å². The normalized spacial score (nSPS) is 18.4. The van der Waals surface area contributed by atoms with Gasteiger partial charge in [-0.05, 0) is 23.6 Å². The Morgan fingerprint density at radius 1 is 1.17 bits per heavy atom. The fourth-order valence-corrected chi connectivity index (χ4v) is 3.73. The number of anilines is 2. The number of halogens is 3. The van der Waals surface area contributed by atoms with Gasteiger partial charge in [0.1, 0.15) is 5.82 Å². The van der Waals surface area contributed by atoms with Gasteiger partial charge in [0.05, 0.1) is 6.04 Å². The number of alkyl halides is 3. The van der Waals surface area contributed by atoms with E-state index >= 15 is 0 Å². The van der Waals surface area contributed by atoms with E-state index in [0.717, 1.165) is 15.8 Å². The number of aromatic nitrogens is 2. The zero-order valence-electron chi connectivity index (χ0n) is 16.3. The molecule has 5 nitrogen and oxygen atoms in total. The maximum Gasteiger partial charge on any atom is 0.410 e. The lowest BCUT2D eigenvalue weighted by Gasteiger charge is -2.33. The maximum absolute atomic E-state index is 13.8. The fourth-order valence-electron chi connectivity index (χ4n) is 3.73. The van der Waals surface area contributed by atoms with Gasteiger partial charge in [-0.2, -0.15) is 18.3 Å². The standard InChI is InChI=1S/C22H21F3N4O/c1-2-14-8-6-7-11-16(14)27-21(30)18-13-20-26-17(15-9-4-3-5-10-15)12-19(22(23,24)25)29(20)28-18/h3-11,13,17,19,26H,2,12H2,1H3,(H,27,30). The minimum absolute atomic E-state index is 0.0635. The molecule has 30 heavy (non-hydrogen) atoms.